The van der Waals surface area contributed by atoms with E-state index in [2.05, 4.69) is 61.7 Å². The maximum absolute atomic E-state index is 6.19. The molecule has 1 atom stereocenters. The Morgan fingerprint density at radius 2 is 1.61 bits per heavy atom. The van der Waals surface area contributed by atoms with Crippen LogP contribution in [0.2, 0.25) is 5.02 Å². The van der Waals surface area contributed by atoms with Crippen LogP contribution in [0.5, 0.6) is 0 Å². The Balaban J connectivity index is 1.41. The van der Waals surface area contributed by atoms with Gasteiger partial charge in [-0.2, -0.15) is 0 Å². The van der Waals surface area contributed by atoms with Gasteiger partial charge in [0.15, 0.2) is 5.82 Å². The Morgan fingerprint density at radius 1 is 0.903 bits per heavy atom. The first kappa shape index (κ1) is 20.6. The molecule has 2 aromatic carbocycles. The monoisotopic (exact) mass is 436 g/mol. The van der Waals surface area contributed by atoms with Crippen LogP contribution < -0.4 is 0 Å². The van der Waals surface area contributed by atoms with Gasteiger partial charge in [-0.15, -0.1) is 5.10 Å². The highest BCUT2D eigenvalue weighted by Gasteiger charge is 2.33. The molecule has 0 amide bonds. The molecular formula is C24H29ClN6. The standard InChI is InChI=1S/C24H29ClN6/c25-21-12-10-20(11-13-21)23(30-16-14-29(15-17-30)22-8-4-5-9-22)24-26-27-28-31(24)18-19-6-2-1-3-7-19/h1-3,6-7,10-13,22-23H,4-5,8-9,14-18H2/t23-/m0/s1. The van der Waals surface area contributed by atoms with Gasteiger partial charge in [0, 0.05) is 37.2 Å². The quantitative estimate of drug-likeness (QED) is 0.584. The van der Waals surface area contributed by atoms with Crippen molar-refractivity contribution in [3.8, 4) is 0 Å². The topological polar surface area (TPSA) is 50.1 Å². The zero-order valence-electron chi connectivity index (χ0n) is 17.8. The van der Waals surface area contributed by atoms with Crippen molar-refractivity contribution in [3.05, 3.63) is 76.6 Å². The molecule has 0 radical (unpaired) electrons. The van der Waals surface area contributed by atoms with Crippen molar-refractivity contribution in [3.63, 3.8) is 0 Å². The zero-order chi connectivity index (χ0) is 21.0. The van der Waals surface area contributed by atoms with Crippen molar-refractivity contribution in [2.45, 2.75) is 44.3 Å². The molecule has 2 heterocycles. The minimum absolute atomic E-state index is 0.0155. The number of halogens is 1. The third-order valence-corrected chi connectivity index (χ3v) is 6.97. The number of hydrogen-bond acceptors (Lipinski definition) is 5. The van der Waals surface area contributed by atoms with E-state index in [0.29, 0.717) is 6.54 Å². The Hall–Kier alpha value is -2.28. The van der Waals surface area contributed by atoms with E-state index in [1.54, 1.807) is 0 Å². The van der Waals surface area contributed by atoms with Gasteiger partial charge in [0.1, 0.15) is 0 Å². The van der Waals surface area contributed by atoms with E-state index in [0.717, 1.165) is 43.1 Å². The van der Waals surface area contributed by atoms with Crippen molar-refractivity contribution in [1.82, 2.24) is 30.0 Å². The SMILES string of the molecule is Clc1ccc([C@@H](c2nnnn2Cc2ccccc2)N2CCN(C3CCCC3)CC2)cc1. The molecule has 0 bridgehead atoms. The second-order valence-electron chi connectivity index (χ2n) is 8.64. The van der Waals surface area contributed by atoms with E-state index in [9.17, 15) is 0 Å². The second-order valence-corrected chi connectivity index (χ2v) is 9.08. The third kappa shape index (κ3) is 4.66. The van der Waals surface area contributed by atoms with Crippen LogP contribution in [-0.4, -0.2) is 62.2 Å². The molecule has 6 nitrogen and oxygen atoms in total. The molecule has 1 aromatic heterocycles. The van der Waals surface area contributed by atoms with E-state index in [1.165, 1.54) is 36.8 Å². The summed E-state index contributed by atoms with van der Waals surface area (Å²) in [6.07, 6.45) is 5.48. The van der Waals surface area contributed by atoms with Gasteiger partial charge >= 0.3 is 0 Å². The lowest BCUT2D eigenvalue weighted by molar-refractivity contribution is 0.0771. The lowest BCUT2D eigenvalue weighted by Crippen LogP contribution is -2.51. The van der Waals surface area contributed by atoms with Crippen LogP contribution in [-0.2, 0) is 6.54 Å². The van der Waals surface area contributed by atoms with Gasteiger partial charge in [0.05, 0.1) is 12.6 Å². The largest absolute Gasteiger partial charge is 0.298 e. The maximum atomic E-state index is 6.19. The Labute approximate surface area is 188 Å². The summed E-state index contributed by atoms with van der Waals surface area (Å²) in [5.41, 5.74) is 2.37. The predicted molar refractivity (Wildman–Crippen MR) is 122 cm³/mol. The van der Waals surface area contributed by atoms with Crippen LogP contribution >= 0.6 is 11.6 Å². The average Bonchev–Trinajstić information content (AvgIpc) is 3.50. The van der Waals surface area contributed by atoms with Crippen LogP contribution in [0.25, 0.3) is 0 Å². The summed E-state index contributed by atoms with van der Waals surface area (Å²) >= 11 is 6.19. The smallest absolute Gasteiger partial charge is 0.173 e. The van der Waals surface area contributed by atoms with Crippen LogP contribution in [0, 0.1) is 0 Å². The number of piperazine rings is 1. The number of rotatable bonds is 6. The number of nitrogens with zero attached hydrogens (tertiary/aromatic N) is 6. The summed E-state index contributed by atoms with van der Waals surface area (Å²) in [5, 5.41) is 13.6. The fourth-order valence-electron chi connectivity index (χ4n) is 5.07. The molecule has 1 saturated carbocycles. The Bertz CT molecular complexity index is 959. The Kier molecular flexibility index (Phi) is 6.30. The molecule has 0 spiro atoms. The highest BCUT2D eigenvalue weighted by atomic mass is 35.5. The lowest BCUT2D eigenvalue weighted by Gasteiger charge is -2.41. The first-order chi connectivity index (χ1) is 15.3. The Morgan fingerprint density at radius 3 is 2.32 bits per heavy atom. The molecule has 1 aliphatic carbocycles. The van der Waals surface area contributed by atoms with Gasteiger partial charge in [0.25, 0.3) is 0 Å². The summed E-state index contributed by atoms with van der Waals surface area (Å²) < 4.78 is 1.94. The number of hydrogen-bond donors (Lipinski definition) is 0. The van der Waals surface area contributed by atoms with Crippen LogP contribution in [0.15, 0.2) is 54.6 Å². The van der Waals surface area contributed by atoms with Crippen molar-refractivity contribution in [2.75, 3.05) is 26.2 Å². The molecule has 3 aromatic rings. The molecule has 7 heteroatoms. The third-order valence-electron chi connectivity index (χ3n) is 6.72. The lowest BCUT2D eigenvalue weighted by atomic mass is 10.0. The maximum Gasteiger partial charge on any atom is 0.173 e. The summed E-state index contributed by atoms with van der Waals surface area (Å²) in [6.45, 7) is 4.91. The molecule has 0 unspecified atom stereocenters. The molecular weight excluding hydrogens is 408 g/mol. The van der Waals surface area contributed by atoms with Crippen molar-refractivity contribution in [2.24, 2.45) is 0 Å². The molecule has 2 fully saturated rings. The first-order valence-electron chi connectivity index (χ1n) is 11.3. The van der Waals surface area contributed by atoms with E-state index < -0.39 is 0 Å². The number of benzene rings is 2. The van der Waals surface area contributed by atoms with Crippen LogP contribution in [0.4, 0.5) is 0 Å². The van der Waals surface area contributed by atoms with E-state index in [-0.39, 0.29) is 6.04 Å². The van der Waals surface area contributed by atoms with Gasteiger partial charge in [-0.3, -0.25) is 9.80 Å². The first-order valence-corrected chi connectivity index (χ1v) is 11.7. The van der Waals surface area contributed by atoms with Gasteiger partial charge in [0.2, 0.25) is 0 Å². The summed E-state index contributed by atoms with van der Waals surface area (Å²) in [7, 11) is 0. The van der Waals surface area contributed by atoms with E-state index in [4.69, 9.17) is 11.6 Å². The van der Waals surface area contributed by atoms with Gasteiger partial charge in [-0.05, 0) is 46.5 Å². The van der Waals surface area contributed by atoms with Crippen molar-refractivity contribution < 1.29 is 0 Å². The molecule has 0 N–H and O–H groups in total. The predicted octanol–water partition coefficient (Wildman–Crippen LogP) is 4.02. The summed E-state index contributed by atoms with van der Waals surface area (Å²) in [4.78, 5) is 5.22. The van der Waals surface area contributed by atoms with Crippen LogP contribution in [0.3, 0.4) is 0 Å². The fraction of sp³-hybridized carbons (Fsp3) is 0.458. The summed E-state index contributed by atoms with van der Waals surface area (Å²) in [6, 6.07) is 19.3. The van der Waals surface area contributed by atoms with Crippen molar-refractivity contribution in [1.29, 1.82) is 0 Å². The molecule has 31 heavy (non-hydrogen) atoms. The van der Waals surface area contributed by atoms with Gasteiger partial charge < -0.3 is 0 Å². The van der Waals surface area contributed by atoms with Gasteiger partial charge in [-0.25, -0.2) is 4.68 Å². The number of tetrazole rings is 1. The van der Waals surface area contributed by atoms with Crippen molar-refractivity contribution >= 4 is 11.6 Å². The second kappa shape index (κ2) is 9.47. The molecule has 1 aliphatic heterocycles. The minimum Gasteiger partial charge on any atom is -0.298 e. The number of aromatic nitrogens is 4. The van der Waals surface area contributed by atoms with E-state index >= 15 is 0 Å². The fourth-order valence-corrected chi connectivity index (χ4v) is 5.20. The van der Waals surface area contributed by atoms with Gasteiger partial charge in [-0.1, -0.05) is 66.9 Å². The zero-order valence-corrected chi connectivity index (χ0v) is 18.5. The van der Waals surface area contributed by atoms with Crippen LogP contribution in [0.1, 0.15) is 48.7 Å². The molecule has 1 saturated heterocycles. The minimum atomic E-state index is 0.0155. The molecule has 2 aliphatic rings. The highest BCUT2D eigenvalue weighted by molar-refractivity contribution is 6.30. The molecule has 5 rings (SSSR count). The molecule has 162 valence electrons. The average molecular weight is 437 g/mol. The van der Waals surface area contributed by atoms with E-state index in [1.807, 2.05) is 22.9 Å². The normalized spacial score (nSPS) is 19.6. The highest BCUT2D eigenvalue weighted by Crippen LogP contribution is 2.31. The summed E-state index contributed by atoms with van der Waals surface area (Å²) in [5.74, 6) is 0.889.